The zero-order valence-corrected chi connectivity index (χ0v) is 24.3. The van der Waals surface area contributed by atoms with Crippen molar-refractivity contribution in [2.45, 2.75) is 44.2 Å². The molecule has 0 saturated carbocycles. The fourth-order valence-electron chi connectivity index (χ4n) is 5.90. The number of carbonyl (C=O) groups is 1. The number of ether oxygens (including phenoxy) is 1. The van der Waals surface area contributed by atoms with Crippen LogP contribution in [0.2, 0.25) is 0 Å². The highest BCUT2D eigenvalue weighted by Crippen LogP contribution is 2.37. The minimum absolute atomic E-state index is 0.0381. The first-order valence-corrected chi connectivity index (χ1v) is 14.6. The summed E-state index contributed by atoms with van der Waals surface area (Å²) >= 11 is 0. The van der Waals surface area contributed by atoms with Crippen LogP contribution in [0.5, 0.6) is 0 Å². The van der Waals surface area contributed by atoms with E-state index in [1.165, 1.54) is 4.90 Å². The summed E-state index contributed by atoms with van der Waals surface area (Å²) in [5.41, 5.74) is -1.87. The van der Waals surface area contributed by atoms with Crippen molar-refractivity contribution in [3.63, 3.8) is 0 Å². The van der Waals surface area contributed by atoms with Crippen LogP contribution < -0.4 is 0 Å². The first-order valence-electron chi connectivity index (χ1n) is 14.6. The van der Waals surface area contributed by atoms with E-state index in [0.717, 1.165) is 29.4 Å². The van der Waals surface area contributed by atoms with Crippen LogP contribution in [0.25, 0.3) is 10.9 Å². The third kappa shape index (κ3) is 7.39. The number of piperazine rings is 1. The highest BCUT2D eigenvalue weighted by atomic mass is 19.4. The molecule has 12 heteroatoms. The molecule has 44 heavy (non-hydrogen) atoms. The van der Waals surface area contributed by atoms with E-state index in [-0.39, 0.29) is 12.6 Å². The summed E-state index contributed by atoms with van der Waals surface area (Å²) in [4.78, 5) is 22.6. The molecule has 2 unspecified atom stereocenters. The second kappa shape index (κ2) is 13.2. The molecule has 2 aromatic carbocycles. The zero-order valence-electron chi connectivity index (χ0n) is 24.3. The number of amides is 1. The van der Waals surface area contributed by atoms with Gasteiger partial charge < -0.3 is 14.6 Å². The van der Waals surface area contributed by atoms with Gasteiger partial charge in [0.25, 0.3) is 5.91 Å². The van der Waals surface area contributed by atoms with Crippen LogP contribution in [0.15, 0.2) is 48.7 Å². The third-order valence-corrected chi connectivity index (χ3v) is 8.32. The van der Waals surface area contributed by atoms with Gasteiger partial charge in [0.05, 0.1) is 37.4 Å². The van der Waals surface area contributed by atoms with Gasteiger partial charge in [0, 0.05) is 60.9 Å². The minimum Gasteiger partial charge on any atom is -0.378 e. The maximum atomic E-state index is 13.7. The summed E-state index contributed by atoms with van der Waals surface area (Å²) < 4.78 is 86.9. The van der Waals surface area contributed by atoms with E-state index >= 15 is 0 Å². The Morgan fingerprint density at radius 1 is 0.955 bits per heavy atom. The SMILES string of the molecule is CCC1COCCN1CC#CCN1CCN(C(=O)c2cc(C(F)(F)F)cc(C(F)(F)F)c2)C(Cc2c[nH]c3ccccc23)C1. The molecule has 0 spiro atoms. The number of rotatable bonds is 6. The normalized spacial score (nSPS) is 20.5. The van der Waals surface area contributed by atoms with Crippen LogP contribution >= 0.6 is 0 Å². The first kappa shape index (κ1) is 31.9. The van der Waals surface area contributed by atoms with Crippen molar-refractivity contribution in [2.75, 3.05) is 52.5 Å². The molecule has 3 heterocycles. The van der Waals surface area contributed by atoms with Crippen LogP contribution in [0.4, 0.5) is 26.3 Å². The largest absolute Gasteiger partial charge is 0.416 e. The van der Waals surface area contributed by atoms with Crippen LogP contribution in [0.3, 0.4) is 0 Å². The summed E-state index contributed by atoms with van der Waals surface area (Å²) in [6.45, 7) is 6.17. The van der Waals surface area contributed by atoms with Crippen LogP contribution in [0, 0.1) is 11.8 Å². The Hall–Kier alpha value is -3.53. The van der Waals surface area contributed by atoms with Crippen molar-refractivity contribution in [3.05, 3.63) is 70.9 Å². The Labute approximate surface area is 251 Å². The molecular weight excluding hydrogens is 586 g/mol. The average Bonchev–Trinajstić information content (AvgIpc) is 3.41. The van der Waals surface area contributed by atoms with E-state index in [0.29, 0.717) is 64.0 Å². The minimum atomic E-state index is -5.05. The van der Waals surface area contributed by atoms with Crippen molar-refractivity contribution in [1.82, 2.24) is 19.7 Å². The molecule has 2 saturated heterocycles. The molecule has 6 nitrogen and oxygen atoms in total. The molecule has 2 aliphatic rings. The van der Waals surface area contributed by atoms with E-state index in [2.05, 4.69) is 33.5 Å². The molecule has 2 fully saturated rings. The van der Waals surface area contributed by atoms with E-state index in [9.17, 15) is 31.1 Å². The Morgan fingerprint density at radius 3 is 2.36 bits per heavy atom. The van der Waals surface area contributed by atoms with Gasteiger partial charge in [0.15, 0.2) is 0 Å². The number of nitrogens with one attached hydrogen (secondary N) is 1. The molecule has 1 N–H and O–H groups in total. The summed E-state index contributed by atoms with van der Waals surface area (Å²) in [6, 6.07) is 8.46. The highest BCUT2D eigenvalue weighted by Gasteiger charge is 2.39. The number of aromatic amines is 1. The number of H-pyrrole nitrogens is 1. The number of alkyl halides is 6. The number of carbonyl (C=O) groups excluding carboxylic acids is 1. The van der Waals surface area contributed by atoms with Crippen LogP contribution in [0.1, 0.15) is 40.4 Å². The van der Waals surface area contributed by atoms with E-state index in [1.54, 1.807) is 0 Å². The van der Waals surface area contributed by atoms with Crippen LogP contribution in [-0.2, 0) is 23.5 Å². The molecule has 1 amide bonds. The standard InChI is InChI=1S/C32H34F6N4O2/c1-2-26-21-44-14-13-41(26)10-6-5-9-40-11-12-42(27(20-40)17-23-19-39-29-8-4-3-7-28(23)29)30(43)22-15-24(31(33,34)35)18-25(16-22)32(36,37)38/h3-4,7-8,15-16,18-19,26-27,39H,2,9-14,17,20-21H2,1H3. The molecule has 2 aliphatic heterocycles. The molecule has 0 radical (unpaired) electrons. The predicted octanol–water partition coefficient (Wildman–Crippen LogP) is 5.69. The number of fused-ring (bicyclic) bond motifs is 1. The number of para-hydroxylation sites is 1. The maximum Gasteiger partial charge on any atom is 0.416 e. The summed E-state index contributed by atoms with van der Waals surface area (Å²) in [5, 5.41) is 0.936. The lowest BCUT2D eigenvalue weighted by Gasteiger charge is -2.41. The second-order valence-corrected chi connectivity index (χ2v) is 11.2. The lowest BCUT2D eigenvalue weighted by molar-refractivity contribution is -0.143. The van der Waals surface area contributed by atoms with E-state index in [4.69, 9.17) is 4.74 Å². The van der Waals surface area contributed by atoms with Crippen molar-refractivity contribution in [1.29, 1.82) is 0 Å². The van der Waals surface area contributed by atoms with E-state index in [1.807, 2.05) is 30.5 Å². The predicted molar refractivity (Wildman–Crippen MR) is 154 cm³/mol. The number of morpholine rings is 1. The molecule has 0 bridgehead atoms. The highest BCUT2D eigenvalue weighted by molar-refractivity contribution is 5.95. The number of aromatic nitrogens is 1. The molecule has 2 atom stereocenters. The number of halogens is 6. The van der Waals surface area contributed by atoms with Crippen molar-refractivity contribution >= 4 is 16.8 Å². The van der Waals surface area contributed by atoms with Crippen molar-refractivity contribution in [3.8, 4) is 11.8 Å². The lowest BCUT2D eigenvalue weighted by atomic mass is 9.98. The molecule has 5 rings (SSSR count). The molecule has 1 aromatic heterocycles. The number of nitrogens with zero attached hydrogens (tertiary/aromatic N) is 3. The Morgan fingerprint density at radius 2 is 1.66 bits per heavy atom. The van der Waals surface area contributed by atoms with Gasteiger partial charge in [-0.05, 0) is 42.7 Å². The van der Waals surface area contributed by atoms with Gasteiger partial charge in [-0.3, -0.25) is 14.6 Å². The third-order valence-electron chi connectivity index (χ3n) is 8.32. The number of benzene rings is 2. The van der Waals surface area contributed by atoms with Gasteiger partial charge in [-0.15, -0.1) is 0 Å². The summed E-state index contributed by atoms with van der Waals surface area (Å²) in [5.74, 6) is 5.58. The Balaban J connectivity index is 1.38. The fraction of sp³-hybridized carbons (Fsp3) is 0.469. The van der Waals surface area contributed by atoms with Gasteiger partial charge in [0.2, 0.25) is 0 Å². The topological polar surface area (TPSA) is 51.8 Å². The maximum absolute atomic E-state index is 13.7. The lowest BCUT2D eigenvalue weighted by Crippen LogP contribution is -2.56. The Kier molecular flexibility index (Phi) is 9.58. The molecular formula is C32H34F6N4O2. The average molecular weight is 621 g/mol. The van der Waals surface area contributed by atoms with Gasteiger partial charge in [0.1, 0.15) is 0 Å². The first-order chi connectivity index (χ1) is 20.9. The van der Waals surface area contributed by atoms with Gasteiger partial charge >= 0.3 is 12.4 Å². The van der Waals surface area contributed by atoms with Gasteiger partial charge in [-0.2, -0.15) is 26.3 Å². The van der Waals surface area contributed by atoms with Crippen LogP contribution in [-0.4, -0.2) is 90.2 Å². The fourth-order valence-corrected chi connectivity index (χ4v) is 5.90. The molecule has 0 aliphatic carbocycles. The van der Waals surface area contributed by atoms with Crippen molar-refractivity contribution < 1.29 is 35.9 Å². The quantitative estimate of drug-likeness (QED) is 0.285. The Bertz CT molecular complexity index is 1490. The zero-order chi connectivity index (χ0) is 31.5. The second-order valence-electron chi connectivity index (χ2n) is 11.2. The summed E-state index contributed by atoms with van der Waals surface area (Å²) in [7, 11) is 0. The number of hydrogen-bond acceptors (Lipinski definition) is 4. The molecule has 236 valence electrons. The monoisotopic (exact) mass is 620 g/mol. The van der Waals surface area contributed by atoms with E-state index < -0.39 is 41.0 Å². The van der Waals surface area contributed by atoms with Crippen molar-refractivity contribution in [2.24, 2.45) is 0 Å². The molecule has 3 aromatic rings. The van der Waals surface area contributed by atoms with Gasteiger partial charge in [-0.1, -0.05) is 37.0 Å². The number of hydrogen-bond donors (Lipinski definition) is 1. The smallest absolute Gasteiger partial charge is 0.378 e. The summed E-state index contributed by atoms with van der Waals surface area (Å²) in [6.07, 6.45) is -6.95. The van der Waals surface area contributed by atoms with Gasteiger partial charge in [-0.25, -0.2) is 0 Å².